The summed E-state index contributed by atoms with van der Waals surface area (Å²) in [7, 11) is 1.55. The summed E-state index contributed by atoms with van der Waals surface area (Å²) in [6.45, 7) is 1.46. The van der Waals surface area contributed by atoms with Gasteiger partial charge in [0.25, 0.3) is 0 Å². The van der Waals surface area contributed by atoms with Crippen LogP contribution in [0.4, 0.5) is 4.79 Å². The Morgan fingerprint density at radius 3 is 2.42 bits per heavy atom. The average Bonchev–Trinajstić information content (AvgIpc) is 2.38. The fourth-order valence-electron chi connectivity index (χ4n) is 2.11. The third-order valence-corrected chi connectivity index (χ3v) is 3.27. The van der Waals surface area contributed by atoms with Crippen LogP contribution in [-0.2, 0) is 9.59 Å². The molecule has 7 nitrogen and oxygen atoms in total. The lowest BCUT2D eigenvalue weighted by Crippen LogP contribution is -2.45. The number of hydrogen-bond donors (Lipinski definition) is 3. The van der Waals surface area contributed by atoms with Crippen LogP contribution in [0.15, 0.2) is 0 Å². The van der Waals surface area contributed by atoms with Crippen molar-refractivity contribution in [2.45, 2.75) is 25.7 Å². The first-order valence-corrected chi connectivity index (χ1v) is 6.48. The van der Waals surface area contributed by atoms with Gasteiger partial charge in [-0.3, -0.25) is 9.59 Å². The Morgan fingerprint density at radius 1 is 1.26 bits per heavy atom. The molecule has 1 rings (SSSR count). The topological polar surface area (TPSA) is 98.7 Å². The van der Waals surface area contributed by atoms with E-state index in [0.717, 1.165) is 12.8 Å². The van der Waals surface area contributed by atoms with Crippen molar-refractivity contribution in [3.63, 3.8) is 0 Å². The molecule has 0 radical (unpaired) electrons. The van der Waals surface area contributed by atoms with E-state index >= 15 is 0 Å². The van der Waals surface area contributed by atoms with Crippen LogP contribution in [0.2, 0.25) is 0 Å². The molecule has 0 spiro atoms. The minimum absolute atomic E-state index is 0.111. The Hall–Kier alpha value is -1.79. The molecule has 1 saturated heterocycles. The van der Waals surface area contributed by atoms with Gasteiger partial charge in [-0.2, -0.15) is 0 Å². The van der Waals surface area contributed by atoms with Crippen molar-refractivity contribution in [3.05, 3.63) is 0 Å². The molecule has 108 valence electrons. The van der Waals surface area contributed by atoms with Crippen molar-refractivity contribution >= 4 is 17.9 Å². The van der Waals surface area contributed by atoms with E-state index in [-0.39, 0.29) is 30.7 Å². The minimum Gasteiger partial charge on any atom is -0.481 e. The van der Waals surface area contributed by atoms with Gasteiger partial charge >= 0.3 is 12.0 Å². The van der Waals surface area contributed by atoms with Gasteiger partial charge in [-0.15, -0.1) is 0 Å². The minimum atomic E-state index is -0.784. The molecule has 0 aromatic heterocycles. The second kappa shape index (κ2) is 7.60. The van der Waals surface area contributed by atoms with E-state index in [2.05, 4.69) is 10.6 Å². The van der Waals surface area contributed by atoms with E-state index in [0.29, 0.717) is 19.6 Å². The van der Waals surface area contributed by atoms with Crippen molar-refractivity contribution in [2.24, 2.45) is 5.92 Å². The van der Waals surface area contributed by atoms with Crippen LogP contribution < -0.4 is 10.6 Å². The molecular formula is C12H21N3O4. The summed E-state index contributed by atoms with van der Waals surface area (Å²) in [6, 6.07) is -0.183. The Morgan fingerprint density at radius 2 is 1.89 bits per heavy atom. The number of carbonyl (C=O) groups excluding carboxylic acids is 2. The van der Waals surface area contributed by atoms with Crippen LogP contribution in [0.5, 0.6) is 0 Å². The van der Waals surface area contributed by atoms with Crippen molar-refractivity contribution in [1.82, 2.24) is 15.5 Å². The second-order valence-corrected chi connectivity index (χ2v) is 4.68. The highest BCUT2D eigenvalue weighted by Crippen LogP contribution is 2.20. The number of amides is 3. The van der Waals surface area contributed by atoms with Crippen molar-refractivity contribution in [2.75, 3.05) is 26.7 Å². The third-order valence-electron chi connectivity index (χ3n) is 3.27. The molecule has 1 aliphatic heterocycles. The molecule has 1 fully saturated rings. The van der Waals surface area contributed by atoms with Gasteiger partial charge in [0.1, 0.15) is 0 Å². The van der Waals surface area contributed by atoms with Gasteiger partial charge in [0, 0.05) is 39.5 Å². The second-order valence-electron chi connectivity index (χ2n) is 4.68. The summed E-state index contributed by atoms with van der Waals surface area (Å²) in [5, 5.41) is 13.9. The van der Waals surface area contributed by atoms with Gasteiger partial charge in [0.15, 0.2) is 0 Å². The van der Waals surface area contributed by atoms with E-state index in [4.69, 9.17) is 5.11 Å². The van der Waals surface area contributed by atoms with Gasteiger partial charge in [-0.05, 0) is 18.8 Å². The number of likely N-dealkylation sites (tertiary alicyclic amines) is 1. The van der Waals surface area contributed by atoms with Crippen molar-refractivity contribution in [1.29, 1.82) is 0 Å². The summed E-state index contributed by atoms with van der Waals surface area (Å²) < 4.78 is 0. The quantitative estimate of drug-likeness (QED) is 0.656. The molecule has 3 N–H and O–H groups in total. The van der Waals surface area contributed by atoms with Gasteiger partial charge in [-0.1, -0.05) is 0 Å². The number of carboxylic acids is 1. The average molecular weight is 271 g/mol. The third kappa shape index (κ3) is 5.58. The highest BCUT2D eigenvalue weighted by Gasteiger charge is 2.23. The number of aliphatic carboxylic acids is 1. The Kier molecular flexibility index (Phi) is 6.11. The standard InChI is InChI=1S/C12H21N3O4/c1-13-10(16)2-5-14-12(19)15-6-3-9(4-7-15)8-11(17)18/h9H,2-8H2,1H3,(H,13,16)(H,14,19)(H,17,18). The largest absolute Gasteiger partial charge is 0.481 e. The van der Waals surface area contributed by atoms with E-state index < -0.39 is 5.97 Å². The fraction of sp³-hybridized carbons (Fsp3) is 0.750. The predicted octanol–water partition coefficient (Wildman–Crippen LogP) is 0.0188. The predicted molar refractivity (Wildman–Crippen MR) is 68.6 cm³/mol. The summed E-state index contributed by atoms with van der Waals surface area (Å²) in [6.07, 6.45) is 1.87. The highest BCUT2D eigenvalue weighted by molar-refractivity contribution is 5.78. The lowest BCUT2D eigenvalue weighted by Gasteiger charge is -2.31. The zero-order valence-corrected chi connectivity index (χ0v) is 11.1. The molecule has 7 heteroatoms. The molecule has 0 unspecified atom stereocenters. The van der Waals surface area contributed by atoms with Crippen LogP contribution in [0.25, 0.3) is 0 Å². The maximum atomic E-state index is 11.8. The Balaban J connectivity index is 2.21. The van der Waals surface area contributed by atoms with E-state index in [1.165, 1.54) is 0 Å². The van der Waals surface area contributed by atoms with Crippen molar-refractivity contribution in [3.8, 4) is 0 Å². The first kappa shape index (κ1) is 15.3. The van der Waals surface area contributed by atoms with Crippen LogP contribution in [-0.4, -0.2) is 54.6 Å². The SMILES string of the molecule is CNC(=O)CCNC(=O)N1CCC(CC(=O)O)CC1. The monoisotopic (exact) mass is 271 g/mol. The maximum absolute atomic E-state index is 11.8. The number of nitrogens with zero attached hydrogens (tertiary/aromatic N) is 1. The van der Waals surface area contributed by atoms with Gasteiger partial charge in [-0.25, -0.2) is 4.79 Å². The summed E-state index contributed by atoms with van der Waals surface area (Å²) in [4.78, 5) is 35.0. The van der Waals surface area contributed by atoms with Crippen LogP contribution in [0, 0.1) is 5.92 Å². The van der Waals surface area contributed by atoms with Gasteiger partial charge in [0.2, 0.25) is 5.91 Å². The molecule has 1 heterocycles. The zero-order chi connectivity index (χ0) is 14.3. The van der Waals surface area contributed by atoms with Gasteiger partial charge < -0.3 is 20.6 Å². The molecule has 3 amide bonds. The number of carboxylic acid groups (broad SMARTS) is 1. The molecular weight excluding hydrogens is 250 g/mol. The van der Waals surface area contributed by atoms with Crippen LogP contribution in [0.3, 0.4) is 0 Å². The zero-order valence-electron chi connectivity index (χ0n) is 11.1. The molecule has 0 aliphatic carbocycles. The number of rotatable bonds is 5. The smallest absolute Gasteiger partial charge is 0.317 e. The summed E-state index contributed by atoms with van der Waals surface area (Å²) in [5.41, 5.74) is 0. The number of urea groups is 1. The first-order chi connectivity index (χ1) is 9.02. The lowest BCUT2D eigenvalue weighted by atomic mass is 9.94. The molecule has 19 heavy (non-hydrogen) atoms. The molecule has 0 atom stereocenters. The number of piperidine rings is 1. The van der Waals surface area contributed by atoms with Gasteiger partial charge in [0.05, 0.1) is 0 Å². The lowest BCUT2D eigenvalue weighted by molar-refractivity contribution is -0.138. The van der Waals surface area contributed by atoms with Crippen molar-refractivity contribution < 1.29 is 19.5 Å². The molecule has 1 aliphatic rings. The Bertz CT molecular complexity index is 338. The van der Waals surface area contributed by atoms with E-state index in [1.54, 1.807) is 11.9 Å². The Labute approximate surface area is 112 Å². The maximum Gasteiger partial charge on any atom is 0.317 e. The number of nitrogens with one attached hydrogen (secondary N) is 2. The normalized spacial score (nSPS) is 15.9. The van der Waals surface area contributed by atoms with E-state index in [1.807, 2.05) is 0 Å². The first-order valence-electron chi connectivity index (χ1n) is 6.48. The number of hydrogen-bond acceptors (Lipinski definition) is 3. The summed E-state index contributed by atoms with van der Waals surface area (Å²) in [5.74, 6) is -0.735. The summed E-state index contributed by atoms with van der Waals surface area (Å²) >= 11 is 0. The molecule has 0 aromatic carbocycles. The van der Waals surface area contributed by atoms with E-state index in [9.17, 15) is 14.4 Å². The van der Waals surface area contributed by atoms with Crippen LogP contribution >= 0.6 is 0 Å². The fourth-order valence-corrected chi connectivity index (χ4v) is 2.11. The number of carbonyl (C=O) groups is 3. The molecule has 0 bridgehead atoms. The highest BCUT2D eigenvalue weighted by atomic mass is 16.4. The van der Waals surface area contributed by atoms with Crippen LogP contribution in [0.1, 0.15) is 25.7 Å². The molecule has 0 saturated carbocycles. The molecule has 0 aromatic rings.